The summed E-state index contributed by atoms with van der Waals surface area (Å²) in [4.78, 5) is 15.9. The third kappa shape index (κ3) is 4.63. The van der Waals surface area contributed by atoms with Crippen LogP contribution < -0.4 is 5.32 Å². The molecule has 2 aromatic carbocycles. The van der Waals surface area contributed by atoms with Crippen molar-refractivity contribution in [2.75, 3.05) is 20.3 Å². The number of hydrogen-bond acceptors (Lipinski definition) is 2. The van der Waals surface area contributed by atoms with Crippen molar-refractivity contribution < 1.29 is 9.53 Å². The standard InChI is InChI=1S/C24H30N2O2/c1-24(2,3)18-11-9-17(10-12-18)20(15-23(27)25-13-14-28-4)21-16-26-22-8-6-5-7-19(21)22/h5-12,16,20,26H,13-15H2,1-4H3,(H,25,27). The van der Waals surface area contributed by atoms with E-state index in [0.29, 0.717) is 19.6 Å². The Hall–Kier alpha value is -2.59. The van der Waals surface area contributed by atoms with Gasteiger partial charge in [-0.3, -0.25) is 4.79 Å². The normalized spacial score (nSPS) is 12.9. The van der Waals surface area contributed by atoms with Crippen LogP contribution in [0.1, 0.15) is 49.8 Å². The van der Waals surface area contributed by atoms with Gasteiger partial charge in [0.05, 0.1) is 6.61 Å². The van der Waals surface area contributed by atoms with Crippen LogP contribution in [0.15, 0.2) is 54.7 Å². The number of aromatic amines is 1. The molecule has 0 spiro atoms. The first-order chi connectivity index (χ1) is 13.4. The maximum absolute atomic E-state index is 12.6. The van der Waals surface area contributed by atoms with E-state index in [9.17, 15) is 4.79 Å². The third-order valence-electron chi connectivity index (χ3n) is 5.19. The fourth-order valence-corrected chi connectivity index (χ4v) is 3.56. The number of H-pyrrole nitrogens is 1. The van der Waals surface area contributed by atoms with Crippen LogP contribution in [-0.4, -0.2) is 31.2 Å². The molecule has 0 bridgehead atoms. The van der Waals surface area contributed by atoms with Crippen molar-refractivity contribution in [1.82, 2.24) is 10.3 Å². The summed E-state index contributed by atoms with van der Waals surface area (Å²) in [5, 5.41) is 4.12. The monoisotopic (exact) mass is 378 g/mol. The fourth-order valence-electron chi connectivity index (χ4n) is 3.56. The Bertz CT molecular complexity index is 920. The molecule has 1 unspecified atom stereocenters. The second-order valence-electron chi connectivity index (χ2n) is 8.26. The molecule has 0 aliphatic rings. The Kier molecular flexibility index (Phi) is 6.20. The van der Waals surface area contributed by atoms with E-state index in [4.69, 9.17) is 4.74 Å². The van der Waals surface area contributed by atoms with E-state index < -0.39 is 0 Å². The Morgan fingerprint density at radius 3 is 2.50 bits per heavy atom. The molecule has 0 saturated carbocycles. The molecule has 1 heterocycles. The van der Waals surface area contributed by atoms with Crippen LogP contribution in [0.5, 0.6) is 0 Å². The van der Waals surface area contributed by atoms with Crippen molar-refractivity contribution in [3.05, 3.63) is 71.4 Å². The van der Waals surface area contributed by atoms with Gasteiger partial charge in [0.2, 0.25) is 5.91 Å². The Morgan fingerprint density at radius 1 is 1.11 bits per heavy atom. The number of methoxy groups -OCH3 is 1. The second-order valence-corrected chi connectivity index (χ2v) is 8.26. The van der Waals surface area contributed by atoms with Crippen LogP contribution in [0.2, 0.25) is 0 Å². The number of nitrogens with one attached hydrogen (secondary N) is 2. The lowest BCUT2D eigenvalue weighted by Crippen LogP contribution is -2.28. The minimum Gasteiger partial charge on any atom is -0.383 e. The molecule has 4 heteroatoms. The van der Waals surface area contributed by atoms with Gasteiger partial charge in [-0.1, -0.05) is 63.2 Å². The number of para-hydroxylation sites is 1. The van der Waals surface area contributed by atoms with Crippen LogP contribution in [0.25, 0.3) is 10.9 Å². The third-order valence-corrected chi connectivity index (χ3v) is 5.19. The molecule has 0 aliphatic carbocycles. The molecular formula is C24H30N2O2. The maximum Gasteiger partial charge on any atom is 0.221 e. The number of benzene rings is 2. The predicted octanol–water partition coefficient (Wildman–Crippen LogP) is 4.75. The van der Waals surface area contributed by atoms with E-state index in [1.54, 1.807) is 7.11 Å². The molecule has 1 aromatic heterocycles. The average molecular weight is 379 g/mol. The second kappa shape index (κ2) is 8.61. The molecule has 0 radical (unpaired) electrons. The van der Waals surface area contributed by atoms with Crippen molar-refractivity contribution in [3.8, 4) is 0 Å². The lowest BCUT2D eigenvalue weighted by Gasteiger charge is -2.22. The number of carbonyl (C=O) groups excluding carboxylic acids is 1. The lowest BCUT2D eigenvalue weighted by molar-refractivity contribution is -0.121. The first-order valence-corrected chi connectivity index (χ1v) is 9.82. The maximum atomic E-state index is 12.6. The number of aromatic nitrogens is 1. The molecular weight excluding hydrogens is 348 g/mol. The minimum absolute atomic E-state index is 0.00675. The summed E-state index contributed by atoms with van der Waals surface area (Å²) in [7, 11) is 1.64. The highest BCUT2D eigenvalue weighted by atomic mass is 16.5. The summed E-state index contributed by atoms with van der Waals surface area (Å²) in [6.45, 7) is 7.68. The topological polar surface area (TPSA) is 54.1 Å². The molecule has 28 heavy (non-hydrogen) atoms. The van der Waals surface area contributed by atoms with Gasteiger partial charge >= 0.3 is 0 Å². The van der Waals surface area contributed by atoms with E-state index >= 15 is 0 Å². The Labute approximate surface area is 167 Å². The summed E-state index contributed by atoms with van der Waals surface area (Å²) in [5.74, 6) is 0.0277. The van der Waals surface area contributed by atoms with Crippen molar-refractivity contribution >= 4 is 16.8 Å². The summed E-state index contributed by atoms with van der Waals surface area (Å²) in [6, 6.07) is 16.9. The van der Waals surface area contributed by atoms with E-state index in [0.717, 1.165) is 22.0 Å². The molecule has 4 nitrogen and oxygen atoms in total. The molecule has 148 valence electrons. The highest BCUT2D eigenvalue weighted by Crippen LogP contribution is 2.34. The minimum atomic E-state index is -0.00675. The smallest absolute Gasteiger partial charge is 0.221 e. The Morgan fingerprint density at radius 2 is 1.82 bits per heavy atom. The SMILES string of the molecule is COCCNC(=O)CC(c1ccc(C(C)(C)C)cc1)c1c[nH]c2ccccc12. The zero-order valence-corrected chi connectivity index (χ0v) is 17.2. The number of hydrogen-bond donors (Lipinski definition) is 2. The van der Waals surface area contributed by atoms with Gasteiger partial charge in [0.1, 0.15) is 0 Å². The molecule has 3 rings (SSSR count). The summed E-state index contributed by atoms with van der Waals surface area (Å²) >= 11 is 0. The van der Waals surface area contributed by atoms with E-state index in [-0.39, 0.29) is 17.2 Å². The van der Waals surface area contributed by atoms with E-state index in [2.05, 4.69) is 67.5 Å². The van der Waals surface area contributed by atoms with Gasteiger partial charge in [0, 0.05) is 43.1 Å². The number of amides is 1. The molecule has 2 N–H and O–H groups in total. The fraction of sp³-hybridized carbons (Fsp3) is 0.375. The zero-order valence-electron chi connectivity index (χ0n) is 17.2. The number of fused-ring (bicyclic) bond motifs is 1. The van der Waals surface area contributed by atoms with Crippen LogP contribution >= 0.6 is 0 Å². The van der Waals surface area contributed by atoms with Gasteiger partial charge in [0.25, 0.3) is 0 Å². The quantitative estimate of drug-likeness (QED) is 0.583. The summed E-state index contributed by atoms with van der Waals surface area (Å²) in [6.07, 6.45) is 2.44. The van der Waals surface area contributed by atoms with E-state index in [1.165, 1.54) is 5.56 Å². The van der Waals surface area contributed by atoms with Crippen molar-refractivity contribution in [2.45, 2.75) is 38.5 Å². The first-order valence-electron chi connectivity index (χ1n) is 9.82. The summed E-state index contributed by atoms with van der Waals surface area (Å²) in [5.41, 5.74) is 4.79. The average Bonchev–Trinajstić information content (AvgIpc) is 3.10. The van der Waals surface area contributed by atoms with Crippen LogP contribution in [0, 0.1) is 0 Å². The highest BCUT2D eigenvalue weighted by molar-refractivity contribution is 5.86. The summed E-state index contributed by atoms with van der Waals surface area (Å²) < 4.78 is 5.04. The van der Waals surface area contributed by atoms with Crippen LogP contribution in [0.3, 0.4) is 0 Å². The van der Waals surface area contributed by atoms with Gasteiger partial charge in [-0.15, -0.1) is 0 Å². The largest absolute Gasteiger partial charge is 0.383 e. The van der Waals surface area contributed by atoms with Crippen molar-refractivity contribution in [1.29, 1.82) is 0 Å². The number of rotatable bonds is 7. The zero-order chi connectivity index (χ0) is 20.1. The molecule has 3 aromatic rings. The lowest BCUT2D eigenvalue weighted by atomic mass is 9.83. The Balaban J connectivity index is 1.94. The van der Waals surface area contributed by atoms with Crippen LogP contribution in [0.4, 0.5) is 0 Å². The van der Waals surface area contributed by atoms with E-state index in [1.807, 2.05) is 18.3 Å². The van der Waals surface area contributed by atoms with Gasteiger partial charge < -0.3 is 15.0 Å². The molecule has 0 saturated heterocycles. The molecule has 1 amide bonds. The number of ether oxygens (including phenoxy) is 1. The molecule has 0 aliphatic heterocycles. The first kappa shape index (κ1) is 20.2. The van der Waals surface area contributed by atoms with Gasteiger partial charge in [-0.25, -0.2) is 0 Å². The predicted molar refractivity (Wildman–Crippen MR) is 115 cm³/mol. The molecule has 1 atom stereocenters. The number of carbonyl (C=O) groups is 1. The van der Waals surface area contributed by atoms with Gasteiger partial charge in [0.15, 0.2) is 0 Å². The van der Waals surface area contributed by atoms with Crippen molar-refractivity contribution in [3.63, 3.8) is 0 Å². The molecule has 0 fully saturated rings. The van der Waals surface area contributed by atoms with Gasteiger partial charge in [-0.2, -0.15) is 0 Å². The van der Waals surface area contributed by atoms with Gasteiger partial charge in [-0.05, 0) is 28.2 Å². The van der Waals surface area contributed by atoms with Crippen LogP contribution in [-0.2, 0) is 14.9 Å². The van der Waals surface area contributed by atoms with Crippen molar-refractivity contribution in [2.24, 2.45) is 0 Å². The highest BCUT2D eigenvalue weighted by Gasteiger charge is 2.22.